The zero-order valence-electron chi connectivity index (χ0n) is 18.1. The topological polar surface area (TPSA) is 60.5 Å². The molecule has 31 heavy (non-hydrogen) atoms. The number of nitrogens with zero attached hydrogens (tertiary/aromatic N) is 1. The first-order valence-electron chi connectivity index (χ1n) is 10.8. The number of rotatable bonds is 5. The van der Waals surface area contributed by atoms with Gasteiger partial charge in [0.15, 0.2) is 11.5 Å². The minimum Gasteiger partial charge on any atom is -0.454 e. The molecule has 0 bridgehead atoms. The molecule has 1 aromatic heterocycles. The van der Waals surface area contributed by atoms with Crippen LogP contribution in [0.15, 0.2) is 54.7 Å². The van der Waals surface area contributed by atoms with E-state index in [0.29, 0.717) is 17.5 Å². The number of hydrogen-bond donors (Lipinski definition) is 1. The standard InChI is InChI=1S/C26H26N2O3.H2/c1-16(2)19-6-4-5-7-20(19)21-14-27-24(12-17(21)3)28-25(29)26(10-11-26)18-8-9-22-23(13-18)31-15-30-22;/h4-9,12-14,16H,10-11,15H2,1-3H3,(H,27,28,29);1H. The predicted octanol–water partition coefficient (Wildman–Crippen LogP) is 5.83. The van der Waals surface area contributed by atoms with E-state index in [1.807, 2.05) is 30.5 Å². The van der Waals surface area contributed by atoms with Gasteiger partial charge in [0.2, 0.25) is 12.7 Å². The summed E-state index contributed by atoms with van der Waals surface area (Å²) in [6.07, 6.45) is 3.50. The van der Waals surface area contributed by atoms with E-state index < -0.39 is 5.41 Å². The Morgan fingerprint density at radius 2 is 1.84 bits per heavy atom. The van der Waals surface area contributed by atoms with Gasteiger partial charge in [-0.2, -0.15) is 0 Å². The van der Waals surface area contributed by atoms with Crippen LogP contribution < -0.4 is 14.8 Å². The first-order chi connectivity index (χ1) is 15.0. The summed E-state index contributed by atoms with van der Waals surface area (Å²) in [6, 6.07) is 16.2. The zero-order valence-corrected chi connectivity index (χ0v) is 18.1. The molecule has 3 aromatic rings. The molecule has 2 aliphatic rings. The minimum absolute atomic E-state index is 0. The Kier molecular flexibility index (Phi) is 4.69. The van der Waals surface area contributed by atoms with E-state index in [1.165, 1.54) is 11.1 Å². The Hall–Kier alpha value is -3.34. The number of carbonyl (C=O) groups is 1. The molecule has 1 N–H and O–H groups in total. The molecule has 0 saturated heterocycles. The number of nitrogens with one attached hydrogen (secondary N) is 1. The van der Waals surface area contributed by atoms with E-state index in [9.17, 15) is 4.79 Å². The van der Waals surface area contributed by atoms with E-state index in [-0.39, 0.29) is 14.1 Å². The third kappa shape index (κ3) is 3.44. The van der Waals surface area contributed by atoms with E-state index in [4.69, 9.17) is 9.47 Å². The van der Waals surface area contributed by atoms with Crippen molar-refractivity contribution in [3.8, 4) is 22.6 Å². The van der Waals surface area contributed by atoms with Crippen LogP contribution >= 0.6 is 0 Å². The first-order valence-corrected chi connectivity index (χ1v) is 10.8. The molecule has 1 amide bonds. The summed E-state index contributed by atoms with van der Waals surface area (Å²) in [7, 11) is 0. The molecule has 2 aromatic carbocycles. The van der Waals surface area contributed by atoms with Gasteiger partial charge in [-0.1, -0.05) is 44.2 Å². The summed E-state index contributed by atoms with van der Waals surface area (Å²) in [5.74, 6) is 2.42. The normalized spacial score (nSPS) is 15.7. The monoisotopic (exact) mass is 416 g/mol. The van der Waals surface area contributed by atoms with Gasteiger partial charge in [-0.3, -0.25) is 4.79 Å². The number of hydrogen-bond acceptors (Lipinski definition) is 4. The molecule has 0 radical (unpaired) electrons. The van der Waals surface area contributed by atoms with Crippen molar-refractivity contribution < 1.29 is 15.7 Å². The van der Waals surface area contributed by atoms with Crippen molar-refractivity contribution in [2.45, 2.75) is 44.9 Å². The summed E-state index contributed by atoms with van der Waals surface area (Å²) in [4.78, 5) is 17.8. The Morgan fingerprint density at radius 3 is 2.58 bits per heavy atom. The second kappa shape index (κ2) is 7.41. The fraction of sp³-hybridized carbons (Fsp3) is 0.308. The molecular formula is C26H28N2O3. The summed E-state index contributed by atoms with van der Waals surface area (Å²) in [5.41, 5.74) is 5.13. The van der Waals surface area contributed by atoms with E-state index in [1.54, 1.807) is 0 Å². The second-order valence-electron chi connectivity index (χ2n) is 8.73. The van der Waals surface area contributed by atoms with Crippen molar-refractivity contribution in [3.63, 3.8) is 0 Å². The average Bonchev–Trinajstić information content (AvgIpc) is 3.45. The van der Waals surface area contributed by atoms with Crippen molar-refractivity contribution in [3.05, 3.63) is 71.4 Å². The Bertz CT molecular complexity index is 1170. The number of ether oxygens (including phenoxy) is 2. The van der Waals surface area contributed by atoms with Gasteiger partial charge in [-0.25, -0.2) is 4.98 Å². The largest absolute Gasteiger partial charge is 0.454 e. The van der Waals surface area contributed by atoms with Crippen LogP contribution in [-0.2, 0) is 10.2 Å². The number of aromatic nitrogens is 1. The van der Waals surface area contributed by atoms with Crippen LogP contribution in [0.25, 0.3) is 11.1 Å². The highest BCUT2D eigenvalue weighted by molar-refractivity contribution is 6.01. The van der Waals surface area contributed by atoms with Crippen LogP contribution in [0.1, 0.15) is 50.7 Å². The third-order valence-electron chi connectivity index (χ3n) is 6.34. The molecule has 5 rings (SSSR count). The van der Waals surface area contributed by atoms with Gasteiger partial charge in [-0.05, 0) is 66.1 Å². The fourth-order valence-electron chi connectivity index (χ4n) is 4.35. The Balaban J connectivity index is 0.00000245. The van der Waals surface area contributed by atoms with E-state index in [2.05, 4.69) is 55.3 Å². The van der Waals surface area contributed by atoms with E-state index in [0.717, 1.165) is 35.3 Å². The number of anilines is 1. The second-order valence-corrected chi connectivity index (χ2v) is 8.73. The summed E-state index contributed by atoms with van der Waals surface area (Å²) >= 11 is 0. The van der Waals surface area contributed by atoms with Crippen LogP contribution in [0.2, 0.25) is 0 Å². The molecule has 1 aliphatic heterocycles. The summed E-state index contributed by atoms with van der Waals surface area (Å²) in [5, 5.41) is 3.05. The van der Waals surface area contributed by atoms with Crippen molar-refractivity contribution in [2.24, 2.45) is 0 Å². The van der Waals surface area contributed by atoms with Crippen molar-refractivity contribution in [1.82, 2.24) is 4.98 Å². The number of amides is 1. The highest BCUT2D eigenvalue weighted by atomic mass is 16.7. The summed E-state index contributed by atoms with van der Waals surface area (Å²) in [6.45, 7) is 6.69. The molecule has 5 nitrogen and oxygen atoms in total. The van der Waals surface area contributed by atoms with Gasteiger partial charge in [-0.15, -0.1) is 0 Å². The maximum atomic E-state index is 13.2. The van der Waals surface area contributed by atoms with Crippen LogP contribution in [0.3, 0.4) is 0 Å². The lowest BCUT2D eigenvalue weighted by Gasteiger charge is -2.18. The van der Waals surface area contributed by atoms with Gasteiger partial charge < -0.3 is 14.8 Å². The number of carbonyl (C=O) groups excluding carboxylic acids is 1. The minimum atomic E-state index is -0.514. The molecular weight excluding hydrogens is 388 g/mol. The quantitative estimate of drug-likeness (QED) is 0.569. The molecule has 2 heterocycles. The molecule has 1 fully saturated rings. The first kappa shape index (κ1) is 19.6. The number of fused-ring (bicyclic) bond motifs is 1. The van der Waals surface area contributed by atoms with Crippen molar-refractivity contribution in [2.75, 3.05) is 12.1 Å². The molecule has 0 spiro atoms. The molecule has 1 saturated carbocycles. The van der Waals surface area contributed by atoms with Crippen LogP contribution in [-0.4, -0.2) is 17.7 Å². The van der Waals surface area contributed by atoms with Crippen LogP contribution in [0, 0.1) is 6.92 Å². The molecule has 160 valence electrons. The molecule has 0 atom stereocenters. The van der Waals surface area contributed by atoms with Gasteiger partial charge >= 0.3 is 0 Å². The fourth-order valence-corrected chi connectivity index (χ4v) is 4.35. The average molecular weight is 417 g/mol. The number of benzene rings is 2. The molecule has 1 aliphatic carbocycles. The van der Waals surface area contributed by atoms with Gasteiger partial charge in [0.25, 0.3) is 0 Å². The number of pyridine rings is 1. The third-order valence-corrected chi connectivity index (χ3v) is 6.34. The lowest BCUT2D eigenvalue weighted by Crippen LogP contribution is -2.28. The van der Waals surface area contributed by atoms with Crippen LogP contribution in [0.4, 0.5) is 5.82 Å². The van der Waals surface area contributed by atoms with Crippen LogP contribution in [0.5, 0.6) is 11.5 Å². The lowest BCUT2D eigenvalue weighted by atomic mass is 9.91. The maximum Gasteiger partial charge on any atom is 0.236 e. The zero-order chi connectivity index (χ0) is 21.6. The lowest BCUT2D eigenvalue weighted by molar-refractivity contribution is -0.118. The van der Waals surface area contributed by atoms with Crippen molar-refractivity contribution in [1.29, 1.82) is 0 Å². The van der Waals surface area contributed by atoms with E-state index >= 15 is 0 Å². The summed E-state index contributed by atoms with van der Waals surface area (Å²) < 4.78 is 10.9. The number of aryl methyl sites for hydroxylation is 1. The Morgan fingerprint density at radius 1 is 1.06 bits per heavy atom. The Labute approximate surface area is 183 Å². The van der Waals surface area contributed by atoms with Crippen molar-refractivity contribution >= 4 is 11.7 Å². The smallest absolute Gasteiger partial charge is 0.236 e. The predicted molar refractivity (Wildman–Crippen MR) is 123 cm³/mol. The van der Waals surface area contributed by atoms with Gasteiger partial charge in [0, 0.05) is 13.2 Å². The highest BCUT2D eigenvalue weighted by Crippen LogP contribution is 2.51. The SMILES string of the molecule is Cc1cc(NC(=O)C2(c3ccc4c(c3)OCO4)CC2)ncc1-c1ccccc1C(C)C.[HH]. The highest BCUT2D eigenvalue weighted by Gasteiger charge is 2.51. The van der Waals surface area contributed by atoms with Gasteiger partial charge in [0.1, 0.15) is 5.82 Å². The molecule has 0 unspecified atom stereocenters. The van der Waals surface area contributed by atoms with Gasteiger partial charge in [0.05, 0.1) is 5.41 Å². The maximum absolute atomic E-state index is 13.2. The molecule has 5 heteroatoms.